The van der Waals surface area contributed by atoms with Crippen LogP contribution in [0.5, 0.6) is 0 Å². The van der Waals surface area contributed by atoms with E-state index in [1.807, 2.05) is 0 Å². The first-order chi connectivity index (χ1) is 9.41. The molecule has 0 radical (unpaired) electrons. The largest absolute Gasteiger partial charge is 0.478 e. The fourth-order valence-corrected chi connectivity index (χ4v) is 2.12. The SMILES string of the molecule is Cc1[nH]cc(NC(=O)c2cccc(Cl)c2C)c1C(=O)O. The molecule has 0 spiro atoms. The molecule has 20 heavy (non-hydrogen) atoms. The van der Waals surface area contributed by atoms with E-state index in [2.05, 4.69) is 10.3 Å². The molecule has 1 heterocycles. The summed E-state index contributed by atoms with van der Waals surface area (Å²) >= 11 is 5.97. The van der Waals surface area contributed by atoms with E-state index < -0.39 is 11.9 Å². The smallest absolute Gasteiger partial charge is 0.339 e. The van der Waals surface area contributed by atoms with Gasteiger partial charge in [-0.1, -0.05) is 17.7 Å². The first-order valence-corrected chi connectivity index (χ1v) is 6.27. The zero-order valence-electron chi connectivity index (χ0n) is 11.0. The van der Waals surface area contributed by atoms with Crippen LogP contribution in [0, 0.1) is 13.8 Å². The zero-order chi connectivity index (χ0) is 14.9. The molecule has 2 aromatic rings. The summed E-state index contributed by atoms with van der Waals surface area (Å²) in [5.41, 5.74) is 1.83. The standard InChI is InChI=1S/C14H13ClN2O3/c1-7-9(4-3-5-10(7)15)13(18)17-11-6-16-8(2)12(11)14(19)20/h3-6,16H,1-2H3,(H,17,18)(H,19,20). The molecular formula is C14H13ClN2O3. The lowest BCUT2D eigenvalue weighted by Crippen LogP contribution is -2.15. The molecule has 0 atom stereocenters. The van der Waals surface area contributed by atoms with Crippen LogP contribution in [0.15, 0.2) is 24.4 Å². The van der Waals surface area contributed by atoms with Crippen LogP contribution in [0.4, 0.5) is 5.69 Å². The maximum absolute atomic E-state index is 12.2. The normalized spacial score (nSPS) is 10.3. The lowest BCUT2D eigenvalue weighted by atomic mass is 10.1. The second-order valence-corrected chi connectivity index (χ2v) is 4.78. The Labute approximate surface area is 120 Å². The number of hydrogen-bond acceptors (Lipinski definition) is 2. The summed E-state index contributed by atoms with van der Waals surface area (Å²) in [6.07, 6.45) is 1.45. The lowest BCUT2D eigenvalue weighted by Gasteiger charge is -2.08. The molecule has 0 aliphatic carbocycles. The van der Waals surface area contributed by atoms with Crippen LogP contribution in [-0.2, 0) is 0 Å². The van der Waals surface area contributed by atoms with Crippen LogP contribution in [-0.4, -0.2) is 22.0 Å². The van der Waals surface area contributed by atoms with Gasteiger partial charge in [-0.05, 0) is 31.5 Å². The second kappa shape index (κ2) is 5.38. The zero-order valence-corrected chi connectivity index (χ0v) is 11.7. The minimum absolute atomic E-state index is 0.0537. The number of aromatic nitrogens is 1. The number of anilines is 1. The van der Waals surface area contributed by atoms with Gasteiger partial charge >= 0.3 is 5.97 Å². The Morgan fingerprint density at radius 3 is 2.65 bits per heavy atom. The second-order valence-electron chi connectivity index (χ2n) is 4.37. The number of aromatic amines is 1. The third-order valence-electron chi connectivity index (χ3n) is 3.05. The van der Waals surface area contributed by atoms with Crippen LogP contribution in [0.2, 0.25) is 5.02 Å². The van der Waals surface area contributed by atoms with Crippen LogP contribution in [0.3, 0.4) is 0 Å². The van der Waals surface area contributed by atoms with E-state index in [0.717, 1.165) is 0 Å². The average Bonchev–Trinajstić information content (AvgIpc) is 2.73. The number of carboxylic acids is 1. The highest BCUT2D eigenvalue weighted by Gasteiger charge is 2.18. The van der Waals surface area contributed by atoms with Crippen molar-refractivity contribution in [2.24, 2.45) is 0 Å². The van der Waals surface area contributed by atoms with Crippen molar-refractivity contribution in [2.75, 3.05) is 5.32 Å². The summed E-state index contributed by atoms with van der Waals surface area (Å²) in [7, 11) is 0. The molecule has 104 valence electrons. The van der Waals surface area contributed by atoms with E-state index >= 15 is 0 Å². The first kappa shape index (κ1) is 14.1. The van der Waals surface area contributed by atoms with Gasteiger partial charge in [0.2, 0.25) is 0 Å². The topological polar surface area (TPSA) is 82.2 Å². The van der Waals surface area contributed by atoms with Crippen molar-refractivity contribution in [3.8, 4) is 0 Å². The lowest BCUT2D eigenvalue weighted by molar-refractivity contribution is 0.0697. The molecule has 0 aliphatic heterocycles. The fourth-order valence-electron chi connectivity index (χ4n) is 1.94. The summed E-state index contributed by atoms with van der Waals surface area (Å²) in [5, 5.41) is 12.2. The van der Waals surface area contributed by atoms with E-state index in [-0.39, 0.29) is 11.3 Å². The van der Waals surface area contributed by atoms with Gasteiger partial charge in [-0.15, -0.1) is 0 Å². The molecule has 3 N–H and O–H groups in total. The summed E-state index contributed by atoms with van der Waals surface area (Å²) in [6, 6.07) is 5.00. The minimum atomic E-state index is -1.10. The Kier molecular flexibility index (Phi) is 3.81. The van der Waals surface area contributed by atoms with Gasteiger partial charge in [-0.3, -0.25) is 4.79 Å². The van der Waals surface area contributed by atoms with E-state index in [4.69, 9.17) is 16.7 Å². The highest BCUT2D eigenvalue weighted by atomic mass is 35.5. The third kappa shape index (κ3) is 2.53. The number of H-pyrrole nitrogens is 1. The summed E-state index contributed by atoms with van der Waals surface area (Å²) in [6.45, 7) is 3.36. The molecule has 1 amide bonds. The van der Waals surface area contributed by atoms with Gasteiger partial charge < -0.3 is 15.4 Å². The van der Waals surface area contributed by atoms with Crippen molar-refractivity contribution in [2.45, 2.75) is 13.8 Å². The molecule has 6 heteroatoms. The molecule has 2 rings (SSSR count). The monoisotopic (exact) mass is 292 g/mol. The molecule has 0 aliphatic rings. The van der Waals surface area contributed by atoms with Crippen LogP contribution >= 0.6 is 11.6 Å². The number of rotatable bonds is 3. The van der Waals surface area contributed by atoms with E-state index in [0.29, 0.717) is 21.8 Å². The first-order valence-electron chi connectivity index (χ1n) is 5.89. The number of benzene rings is 1. The number of carboxylic acid groups (broad SMARTS) is 1. The summed E-state index contributed by atoms with van der Waals surface area (Å²) < 4.78 is 0. The number of nitrogens with one attached hydrogen (secondary N) is 2. The van der Waals surface area contributed by atoms with Crippen molar-refractivity contribution in [3.63, 3.8) is 0 Å². The Hall–Kier alpha value is -2.27. The van der Waals surface area contributed by atoms with Crippen molar-refractivity contribution in [3.05, 3.63) is 51.8 Å². The quantitative estimate of drug-likeness (QED) is 0.812. The Morgan fingerprint density at radius 1 is 1.30 bits per heavy atom. The molecule has 5 nitrogen and oxygen atoms in total. The number of carbonyl (C=O) groups is 2. The van der Waals surface area contributed by atoms with Crippen molar-refractivity contribution in [1.29, 1.82) is 0 Å². The van der Waals surface area contributed by atoms with E-state index in [1.165, 1.54) is 6.20 Å². The average molecular weight is 293 g/mol. The molecular weight excluding hydrogens is 280 g/mol. The number of hydrogen-bond donors (Lipinski definition) is 3. The van der Waals surface area contributed by atoms with Crippen LogP contribution in [0.1, 0.15) is 32.0 Å². The predicted octanol–water partition coefficient (Wildman–Crippen LogP) is 3.24. The Balaban J connectivity index is 2.33. The van der Waals surface area contributed by atoms with Crippen LogP contribution in [0.25, 0.3) is 0 Å². The molecule has 0 unspecified atom stereocenters. The van der Waals surface area contributed by atoms with Gasteiger partial charge in [0.25, 0.3) is 5.91 Å². The molecule has 0 saturated carbocycles. The van der Waals surface area contributed by atoms with E-state index in [9.17, 15) is 9.59 Å². The Morgan fingerprint density at radius 2 is 2.00 bits per heavy atom. The van der Waals surface area contributed by atoms with Gasteiger partial charge in [0.1, 0.15) is 5.56 Å². The highest BCUT2D eigenvalue weighted by Crippen LogP contribution is 2.23. The van der Waals surface area contributed by atoms with E-state index in [1.54, 1.807) is 32.0 Å². The predicted molar refractivity (Wildman–Crippen MR) is 76.6 cm³/mol. The number of halogens is 1. The van der Waals surface area contributed by atoms with Gasteiger partial charge in [0.05, 0.1) is 5.69 Å². The third-order valence-corrected chi connectivity index (χ3v) is 3.46. The van der Waals surface area contributed by atoms with Crippen molar-refractivity contribution < 1.29 is 14.7 Å². The molecule has 1 aromatic carbocycles. The highest BCUT2D eigenvalue weighted by molar-refractivity contribution is 6.32. The van der Waals surface area contributed by atoms with Crippen molar-refractivity contribution >= 4 is 29.2 Å². The number of carbonyl (C=O) groups excluding carboxylic acids is 1. The summed E-state index contributed by atoms with van der Waals surface area (Å²) in [5.74, 6) is -1.49. The molecule has 0 fully saturated rings. The van der Waals surface area contributed by atoms with Gasteiger partial charge in [0.15, 0.2) is 0 Å². The summed E-state index contributed by atoms with van der Waals surface area (Å²) in [4.78, 5) is 26.1. The minimum Gasteiger partial charge on any atom is -0.478 e. The fraction of sp³-hybridized carbons (Fsp3) is 0.143. The number of aryl methyl sites for hydroxylation is 1. The molecule has 0 saturated heterocycles. The number of aromatic carboxylic acids is 1. The molecule has 0 bridgehead atoms. The van der Waals surface area contributed by atoms with Gasteiger partial charge in [0, 0.05) is 22.5 Å². The molecule has 1 aromatic heterocycles. The van der Waals surface area contributed by atoms with Crippen molar-refractivity contribution in [1.82, 2.24) is 4.98 Å². The maximum Gasteiger partial charge on any atom is 0.339 e. The maximum atomic E-state index is 12.2. The Bertz CT molecular complexity index is 692. The van der Waals surface area contributed by atoms with Gasteiger partial charge in [-0.25, -0.2) is 4.79 Å². The van der Waals surface area contributed by atoms with Crippen LogP contribution < -0.4 is 5.32 Å². The van der Waals surface area contributed by atoms with Gasteiger partial charge in [-0.2, -0.15) is 0 Å². The number of amides is 1.